The number of hydrogen-bond donors (Lipinski definition) is 0. The van der Waals surface area contributed by atoms with Gasteiger partial charge in [0.05, 0.1) is 0 Å². The van der Waals surface area contributed by atoms with E-state index in [1.54, 1.807) is 6.08 Å². The lowest BCUT2D eigenvalue weighted by Crippen LogP contribution is -2.31. The van der Waals surface area contributed by atoms with Crippen LogP contribution in [0, 0.1) is 16.7 Å². The molecule has 1 nitrogen and oxygen atoms in total. The molecule has 0 aromatic rings. The first-order valence-electron chi connectivity index (χ1n) is 5.43. The van der Waals surface area contributed by atoms with E-state index in [9.17, 15) is 4.79 Å². The first kappa shape index (κ1) is 11.5. The van der Waals surface area contributed by atoms with Crippen molar-refractivity contribution in [3.05, 3.63) is 12.2 Å². The van der Waals surface area contributed by atoms with Crippen LogP contribution < -0.4 is 0 Å². The lowest BCUT2D eigenvalue weighted by atomic mass is 9.68. The molecule has 0 aromatic heterocycles. The first-order valence-corrected chi connectivity index (χ1v) is 5.43. The Hall–Kier alpha value is -0.590. The van der Waals surface area contributed by atoms with Gasteiger partial charge in [0.15, 0.2) is 5.78 Å². The molecule has 0 spiro atoms. The van der Waals surface area contributed by atoms with E-state index in [4.69, 9.17) is 0 Å². The van der Waals surface area contributed by atoms with Gasteiger partial charge in [-0.2, -0.15) is 0 Å². The smallest absolute Gasteiger partial charge is 0.159 e. The minimum absolute atomic E-state index is 0.124. The maximum absolute atomic E-state index is 11.6. The van der Waals surface area contributed by atoms with E-state index in [-0.39, 0.29) is 11.3 Å². The molecule has 0 aromatic carbocycles. The van der Waals surface area contributed by atoms with Gasteiger partial charge in [-0.3, -0.25) is 4.79 Å². The van der Waals surface area contributed by atoms with Crippen molar-refractivity contribution in [2.45, 2.75) is 47.5 Å². The first-order chi connectivity index (χ1) is 6.22. The second kappa shape index (κ2) is 3.52. The highest BCUT2D eigenvalue weighted by atomic mass is 16.1. The van der Waals surface area contributed by atoms with E-state index >= 15 is 0 Å². The normalized spacial score (nSPS) is 23.2. The van der Waals surface area contributed by atoms with Crippen LogP contribution in [0.3, 0.4) is 0 Å². The summed E-state index contributed by atoms with van der Waals surface area (Å²) in [5, 5.41) is 0. The molecule has 1 rings (SSSR count). The maximum Gasteiger partial charge on any atom is 0.159 e. The molecule has 1 heteroatoms. The average molecular weight is 194 g/mol. The summed E-state index contributed by atoms with van der Waals surface area (Å²) in [7, 11) is 0. The van der Waals surface area contributed by atoms with Gasteiger partial charge in [0.2, 0.25) is 0 Å². The Bertz CT molecular complexity index is 253. The molecule has 0 heterocycles. The molecule has 14 heavy (non-hydrogen) atoms. The van der Waals surface area contributed by atoms with E-state index in [1.807, 2.05) is 6.08 Å². The molecule has 1 atom stereocenters. The summed E-state index contributed by atoms with van der Waals surface area (Å²) in [4.78, 5) is 11.6. The van der Waals surface area contributed by atoms with Crippen molar-refractivity contribution in [2.75, 3.05) is 0 Å². The molecule has 0 N–H and O–H groups in total. The fourth-order valence-corrected chi connectivity index (χ4v) is 2.75. The van der Waals surface area contributed by atoms with Gasteiger partial charge in [0.1, 0.15) is 0 Å². The Balaban J connectivity index is 2.70. The van der Waals surface area contributed by atoms with Crippen molar-refractivity contribution in [1.82, 2.24) is 0 Å². The molecule has 0 saturated carbocycles. The minimum Gasteiger partial charge on any atom is -0.295 e. The lowest BCUT2D eigenvalue weighted by Gasteiger charge is -2.36. The highest BCUT2D eigenvalue weighted by Crippen LogP contribution is 2.42. The van der Waals surface area contributed by atoms with E-state index in [0.29, 0.717) is 11.2 Å². The lowest BCUT2D eigenvalue weighted by molar-refractivity contribution is -0.121. The third-order valence-electron chi connectivity index (χ3n) is 2.93. The molecule has 1 unspecified atom stereocenters. The van der Waals surface area contributed by atoms with Crippen molar-refractivity contribution >= 4 is 5.78 Å². The average Bonchev–Trinajstić information content (AvgIpc) is 2.29. The number of hydrogen-bond acceptors (Lipinski definition) is 1. The molecule has 0 aliphatic heterocycles. The van der Waals surface area contributed by atoms with E-state index in [2.05, 4.69) is 34.6 Å². The van der Waals surface area contributed by atoms with Crippen molar-refractivity contribution in [3.8, 4) is 0 Å². The zero-order valence-corrected chi connectivity index (χ0v) is 10.1. The fourth-order valence-electron chi connectivity index (χ4n) is 2.75. The van der Waals surface area contributed by atoms with Gasteiger partial charge < -0.3 is 0 Å². The summed E-state index contributed by atoms with van der Waals surface area (Å²) in [5.41, 5.74) is 0.422. The number of carbonyl (C=O) groups is 1. The zero-order chi connectivity index (χ0) is 11.0. The third kappa shape index (κ3) is 2.70. The largest absolute Gasteiger partial charge is 0.295 e. The van der Waals surface area contributed by atoms with Crippen LogP contribution in [0.4, 0.5) is 0 Å². The number of ketones is 1. The number of rotatable bonds is 2. The fraction of sp³-hybridized carbons (Fsp3) is 0.769. The quantitative estimate of drug-likeness (QED) is 0.656. The summed E-state index contributed by atoms with van der Waals surface area (Å²) in [6, 6.07) is 0. The predicted octanol–water partition coefficient (Wildman–Crippen LogP) is 3.59. The topological polar surface area (TPSA) is 17.1 Å². The summed E-state index contributed by atoms with van der Waals surface area (Å²) < 4.78 is 0. The maximum atomic E-state index is 11.6. The van der Waals surface area contributed by atoms with Gasteiger partial charge >= 0.3 is 0 Å². The Labute approximate surface area is 87.6 Å². The second-order valence-electron chi connectivity index (χ2n) is 6.32. The monoisotopic (exact) mass is 194 g/mol. The summed E-state index contributed by atoms with van der Waals surface area (Å²) in [6.07, 6.45) is 5.78. The zero-order valence-electron chi connectivity index (χ0n) is 10.1. The van der Waals surface area contributed by atoms with Gasteiger partial charge in [0, 0.05) is 5.92 Å². The summed E-state index contributed by atoms with van der Waals surface area (Å²) in [6.45, 7) is 11.1. The van der Waals surface area contributed by atoms with Crippen LogP contribution in [0.1, 0.15) is 47.5 Å². The molecule has 1 aliphatic rings. The van der Waals surface area contributed by atoms with Crippen LogP contribution in [0.15, 0.2) is 12.2 Å². The van der Waals surface area contributed by atoms with Crippen molar-refractivity contribution in [3.63, 3.8) is 0 Å². The van der Waals surface area contributed by atoms with Crippen LogP contribution >= 0.6 is 0 Å². The van der Waals surface area contributed by atoms with Gasteiger partial charge in [-0.1, -0.05) is 40.7 Å². The van der Waals surface area contributed by atoms with Gasteiger partial charge in [-0.25, -0.2) is 0 Å². The molecular formula is C13H22O. The van der Waals surface area contributed by atoms with Crippen LogP contribution in [0.2, 0.25) is 0 Å². The van der Waals surface area contributed by atoms with E-state index < -0.39 is 0 Å². The van der Waals surface area contributed by atoms with Crippen LogP contribution in [-0.2, 0) is 4.79 Å². The SMILES string of the molecule is CC(C)(C)CC(C)(C)C1CC=CC1=O. The van der Waals surface area contributed by atoms with Crippen LogP contribution in [0.25, 0.3) is 0 Å². The van der Waals surface area contributed by atoms with E-state index in [0.717, 1.165) is 12.8 Å². The van der Waals surface area contributed by atoms with Crippen LogP contribution in [0.5, 0.6) is 0 Å². The van der Waals surface area contributed by atoms with Gasteiger partial charge in [0.25, 0.3) is 0 Å². The van der Waals surface area contributed by atoms with E-state index in [1.165, 1.54) is 0 Å². The van der Waals surface area contributed by atoms with Gasteiger partial charge in [-0.05, 0) is 29.7 Å². The highest BCUT2D eigenvalue weighted by molar-refractivity contribution is 5.94. The van der Waals surface area contributed by atoms with Crippen molar-refractivity contribution in [1.29, 1.82) is 0 Å². The molecule has 80 valence electrons. The molecule has 0 amide bonds. The van der Waals surface area contributed by atoms with Crippen molar-refractivity contribution < 1.29 is 4.79 Å². The van der Waals surface area contributed by atoms with Crippen molar-refractivity contribution in [2.24, 2.45) is 16.7 Å². The molecule has 0 bridgehead atoms. The minimum atomic E-state index is 0.124. The summed E-state index contributed by atoms with van der Waals surface area (Å²) >= 11 is 0. The van der Waals surface area contributed by atoms with Crippen LogP contribution in [-0.4, -0.2) is 5.78 Å². The molecular weight excluding hydrogens is 172 g/mol. The van der Waals surface area contributed by atoms with Gasteiger partial charge in [-0.15, -0.1) is 0 Å². The molecule has 0 saturated heterocycles. The Kier molecular flexibility index (Phi) is 2.89. The summed E-state index contributed by atoms with van der Waals surface area (Å²) in [5.74, 6) is 0.529. The molecule has 1 aliphatic carbocycles. The molecule has 0 radical (unpaired) electrons. The highest BCUT2D eigenvalue weighted by Gasteiger charge is 2.37. The molecule has 0 fully saturated rings. The third-order valence-corrected chi connectivity index (χ3v) is 2.93. The number of allylic oxidation sites excluding steroid dienone is 2. The standard InChI is InChI=1S/C13H22O/c1-12(2,3)9-13(4,5)10-7-6-8-11(10)14/h6,8,10H,7,9H2,1-5H3. The Morgan fingerprint density at radius 2 is 1.86 bits per heavy atom. The predicted molar refractivity (Wildman–Crippen MR) is 60.1 cm³/mol. The Morgan fingerprint density at radius 1 is 1.29 bits per heavy atom. The Morgan fingerprint density at radius 3 is 2.21 bits per heavy atom. The number of carbonyl (C=O) groups excluding carboxylic acids is 1. The second-order valence-corrected chi connectivity index (χ2v) is 6.32.